The van der Waals surface area contributed by atoms with E-state index in [0.717, 1.165) is 17.3 Å². The van der Waals surface area contributed by atoms with E-state index in [1.54, 1.807) is 23.9 Å². The van der Waals surface area contributed by atoms with Crippen LogP contribution >= 0.6 is 54.5 Å². The van der Waals surface area contributed by atoms with Gasteiger partial charge in [-0.3, -0.25) is 9.59 Å². The highest BCUT2D eigenvalue weighted by Crippen LogP contribution is 2.47. The monoisotopic (exact) mass is 484 g/mol. The minimum atomic E-state index is -0.137. The van der Waals surface area contributed by atoms with Gasteiger partial charge in [0.2, 0.25) is 0 Å². The molecule has 2 aliphatic heterocycles. The van der Waals surface area contributed by atoms with Crippen molar-refractivity contribution >= 4 is 77.7 Å². The van der Waals surface area contributed by atoms with Gasteiger partial charge >= 0.3 is 0 Å². The molecule has 4 heterocycles. The van der Waals surface area contributed by atoms with Gasteiger partial charge in [-0.05, 0) is 56.1 Å². The molecule has 2 aliphatic rings. The quantitative estimate of drug-likeness (QED) is 0.632. The van der Waals surface area contributed by atoms with E-state index in [9.17, 15) is 9.59 Å². The molecular weight excluding hydrogens is 476 g/mol. The molecule has 4 rings (SSSR count). The molecule has 0 atom stereocenters. The summed E-state index contributed by atoms with van der Waals surface area (Å²) in [7, 11) is 3.44. The number of hydrogen-bond donors (Lipinski definition) is 0. The third-order valence-electron chi connectivity index (χ3n) is 4.04. The Hall–Kier alpha value is -1.22. The summed E-state index contributed by atoms with van der Waals surface area (Å²) in [6.45, 7) is 0. The van der Waals surface area contributed by atoms with E-state index < -0.39 is 0 Å². The Labute approximate surface area is 163 Å². The lowest BCUT2D eigenvalue weighted by Crippen LogP contribution is -2.24. The number of halogens is 2. The highest BCUT2D eigenvalue weighted by Gasteiger charge is 2.47. The topological polar surface area (TPSA) is 40.6 Å². The minimum absolute atomic E-state index is 0.137. The van der Waals surface area contributed by atoms with Gasteiger partial charge in [-0.1, -0.05) is 0 Å². The lowest BCUT2D eigenvalue weighted by molar-refractivity contribution is -0.123. The number of likely N-dealkylation sites (N-methyl/N-ethyl adjacent to an activating group) is 2. The van der Waals surface area contributed by atoms with Crippen molar-refractivity contribution in [3.8, 4) is 0 Å². The van der Waals surface area contributed by atoms with Gasteiger partial charge < -0.3 is 9.80 Å². The second-order valence-corrected chi connectivity index (χ2v) is 10.3. The molecule has 0 unspecified atom stereocenters. The highest BCUT2D eigenvalue weighted by molar-refractivity contribution is 9.11. The van der Waals surface area contributed by atoms with Gasteiger partial charge in [0.1, 0.15) is 0 Å². The Morgan fingerprint density at radius 3 is 1.42 bits per heavy atom. The largest absolute Gasteiger partial charge is 0.309 e. The van der Waals surface area contributed by atoms with E-state index in [2.05, 4.69) is 31.9 Å². The van der Waals surface area contributed by atoms with Gasteiger partial charge in [0, 0.05) is 14.1 Å². The van der Waals surface area contributed by atoms with Crippen LogP contribution < -0.4 is 0 Å². The van der Waals surface area contributed by atoms with E-state index in [4.69, 9.17) is 0 Å². The molecule has 2 aromatic heterocycles. The number of fused-ring (bicyclic) bond motifs is 1. The standard InChI is InChI=1S/C16H10Br2N2O2S2/c1-19-13(7-3-5-9(17)23-7)11-12(15(19)21)14(20(2)16(11)22)8-4-6-10(18)24-8/h3-6H,1-2H3. The fourth-order valence-electron chi connectivity index (χ4n) is 2.99. The van der Waals surface area contributed by atoms with Crippen LogP contribution in [0.15, 0.2) is 43.0 Å². The Morgan fingerprint density at radius 2 is 1.12 bits per heavy atom. The van der Waals surface area contributed by atoms with E-state index in [0.29, 0.717) is 22.5 Å². The summed E-state index contributed by atoms with van der Waals surface area (Å²) in [6.07, 6.45) is 0. The zero-order chi connectivity index (χ0) is 17.2. The lowest BCUT2D eigenvalue weighted by Gasteiger charge is -2.18. The molecule has 0 fully saturated rings. The smallest absolute Gasteiger partial charge is 0.261 e. The molecule has 24 heavy (non-hydrogen) atoms. The molecule has 0 bridgehead atoms. The number of rotatable bonds is 2. The summed E-state index contributed by atoms with van der Waals surface area (Å²) >= 11 is 9.92. The van der Waals surface area contributed by atoms with E-state index in [1.165, 1.54) is 22.7 Å². The Morgan fingerprint density at radius 1 is 0.750 bits per heavy atom. The average molecular weight is 486 g/mol. The fraction of sp³-hybridized carbons (Fsp3) is 0.125. The van der Waals surface area contributed by atoms with Crippen molar-refractivity contribution in [1.82, 2.24) is 9.80 Å². The number of thiophene rings is 2. The van der Waals surface area contributed by atoms with Gasteiger partial charge in [-0.2, -0.15) is 0 Å². The van der Waals surface area contributed by atoms with Gasteiger partial charge in [0.25, 0.3) is 11.8 Å². The predicted molar refractivity (Wildman–Crippen MR) is 103 cm³/mol. The van der Waals surface area contributed by atoms with Crippen LogP contribution in [0.3, 0.4) is 0 Å². The van der Waals surface area contributed by atoms with E-state index >= 15 is 0 Å². The first-order valence-electron chi connectivity index (χ1n) is 6.96. The molecule has 0 N–H and O–H groups in total. The van der Waals surface area contributed by atoms with Gasteiger partial charge in [0.05, 0.1) is 39.9 Å². The Bertz CT molecular complexity index is 892. The molecule has 122 valence electrons. The molecule has 0 aromatic carbocycles. The van der Waals surface area contributed by atoms with Crippen molar-refractivity contribution in [3.05, 3.63) is 52.7 Å². The maximum absolute atomic E-state index is 12.9. The van der Waals surface area contributed by atoms with Crippen LogP contribution in [0.25, 0.3) is 11.4 Å². The van der Waals surface area contributed by atoms with Crippen LogP contribution in [0, 0.1) is 0 Å². The molecule has 8 heteroatoms. The van der Waals surface area contributed by atoms with Gasteiger partial charge in [0.15, 0.2) is 0 Å². The molecule has 0 saturated carbocycles. The number of hydrogen-bond acceptors (Lipinski definition) is 4. The Kier molecular flexibility index (Phi) is 3.83. The first-order valence-corrected chi connectivity index (χ1v) is 10.2. The third-order valence-corrected chi connectivity index (χ3v) is 7.31. The molecule has 2 aromatic rings. The molecule has 4 nitrogen and oxygen atoms in total. The molecule has 0 spiro atoms. The first-order chi connectivity index (χ1) is 11.4. The summed E-state index contributed by atoms with van der Waals surface area (Å²) in [5.41, 5.74) is 2.37. The highest BCUT2D eigenvalue weighted by atomic mass is 79.9. The van der Waals surface area contributed by atoms with Crippen molar-refractivity contribution in [2.24, 2.45) is 0 Å². The molecule has 0 aliphatic carbocycles. The van der Waals surface area contributed by atoms with Crippen LogP contribution in [0.1, 0.15) is 9.75 Å². The first kappa shape index (κ1) is 16.3. The molecule has 2 amide bonds. The second kappa shape index (κ2) is 5.66. The number of amides is 2. The molecule has 0 radical (unpaired) electrons. The van der Waals surface area contributed by atoms with Crippen molar-refractivity contribution in [1.29, 1.82) is 0 Å². The maximum Gasteiger partial charge on any atom is 0.261 e. The van der Waals surface area contributed by atoms with Gasteiger partial charge in [-0.25, -0.2) is 0 Å². The van der Waals surface area contributed by atoms with E-state index in [-0.39, 0.29) is 11.8 Å². The van der Waals surface area contributed by atoms with Crippen LogP contribution in [0.4, 0.5) is 0 Å². The van der Waals surface area contributed by atoms with Crippen LogP contribution in [-0.2, 0) is 9.59 Å². The Balaban J connectivity index is 2.00. The van der Waals surface area contributed by atoms with Crippen LogP contribution in [0.2, 0.25) is 0 Å². The number of nitrogens with zero attached hydrogens (tertiary/aromatic N) is 2. The zero-order valence-electron chi connectivity index (χ0n) is 12.6. The van der Waals surface area contributed by atoms with Crippen molar-refractivity contribution < 1.29 is 9.59 Å². The minimum Gasteiger partial charge on any atom is -0.309 e. The third kappa shape index (κ3) is 2.20. The summed E-state index contributed by atoms with van der Waals surface area (Å²) < 4.78 is 1.93. The van der Waals surface area contributed by atoms with E-state index in [1.807, 2.05) is 24.3 Å². The predicted octanol–water partition coefficient (Wildman–Crippen LogP) is 4.40. The average Bonchev–Trinajstić information content (AvgIpc) is 3.25. The second-order valence-electron chi connectivity index (χ2n) is 5.38. The molecular formula is C16H10Br2N2O2S2. The summed E-state index contributed by atoms with van der Waals surface area (Å²) in [5.74, 6) is -0.275. The maximum atomic E-state index is 12.9. The zero-order valence-corrected chi connectivity index (χ0v) is 17.4. The van der Waals surface area contributed by atoms with Crippen molar-refractivity contribution in [3.63, 3.8) is 0 Å². The fourth-order valence-corrected chi connectivity index (χ4v) is 5.93. The molecule has 0 saturated heterocycles. The normalized spacial score (nSPS) is 17.7. The van der Waals surface area contributed by atoms with Crippen LogP contribution in [-0.4, -0.2) is 35.7 Å². The summed E-state index contributed by atoms with van der Waals surface area (Å²) in [4.78, 5) is 30.7. The SMILES string of the molecule is CN1C(=O)C2=C(c3ccc(Br)s3)N(C)C(=O)C2=C1c1ccc(Br)s1. The number of carbonyl (C=O) groups excluding carboxylic acids is 2. The van der Waals surface area contributed by atoms with Crippen LogP contribution in [0.5, 0.6) is 0 Å². The summed E-state index contributed by atoms with van der Waals surface area (Å²) in [5, 5.41) is 0. The number of carbonyl (C=O) groups is 2. The van der Waals surface area contributed by atoms with Gasteiger partial charge in [-0.15, -0.1) is 22.7 Å². The lowest BCUT2D eigenvalue weighted by atomic mass is 10.1. The summed E-state index contributed by atoms with van der Waals surface area (Å²) in [6, 6.07) is 7.70. The van der Waals surface area contributed by atoms with Crippen molar-refractivity contribution in [2.75, 3.05) is 14.1 Å². The van der Waals surface area contributed by atoms with Crippen molar-refractivity contribution in [2.45, 2.75) is 0 Å².